The smallest absolute Gasteiger partial charge is 0.300 e. The summed E-state index contributed by atoms with van der Waals surface area (Å²) in [4.78, 5) is 27.1. The predicted octanol–water partition coefficient (Wildman–Crippen LogP) is 5.67. The van der Waals surface area contributed by atoms with Gasteiger partial charge in [0.15, 0.2) is 0 Å². The Hall–Kier alpha value is -3.52. The van der Waals surface area contributed by atoms with Crippen molar-refractivity contribution in [2.24, 2.45) is 0 Å². The van der Waals surface area contributed by atoms with Crippen molar-refractivity contribution in [3.63, 3.8) is 0 Å². The van der Waals surface area contributed by atoms with E-state index in [0.717, 1.165) is 22.6 Å². The van der Waals surface area contributed by atoms with Crippen LogP contribution in [0.5, 0.6) is 5.75 Å². The molecule has 0 radical (unpaired) electrons. The van der Waals surface area contributed by atoms with Gasteiger partial charge in [0, 0.05) is 11.6 Å². The zero-order valence-corrected chi connectivity index (χ0v) is 19.2. The van der Waals surface area contributed by atoms with Gasteiger partial charge in [0.05, 0.1) is 28.9 Å². The van der Waals surface area contributed by atoms with Crippen LogP contribution < -0.4 is 9.64 Å². The van der Waals surface area contributed by atoms with E-state index in [1.165, 1.54) is 13.2 Å². The largest absolute Gasteiger partial charge is 0.507 e. The fourth-order valence-electron chi connectivity index (χ4n) is 3.88. The number of halogens is 3. The molecule has 1 N–H and O–H groups in total. The molecule has 0 aliphatic carbocycles. The topological polar surface area (TPSA) is 66.8 Å². The van der Waals surface area contributed by atoms with Gasteiger partial charge in [-0.1, -0.05) is 29.8 Å². The lowest BCUT2D eigenvalue weighted by Gasteiger charge is -2.26. The summed E-state index contributed by atoms with van der Waals surface area (Å²) >= 11 is 3.34. The van der Waals surface area contributed by atoms with Gasteiger partial charge in [-0.05, 0) is 58.7 Å². The molecule has 3 aromatic rings. The minimum absolute atomic E-state index is 0.202. The van der Waals surface area contributed by atoms with Crippen LogP contribution in [-0.2, 0) is 9.59 Å². The number of anilines is 1. The average Bonchev–Trinajstić information content (AvgIpc) is 3.04. The Labute approximate surface area is 197 Å². The van der Waals surface area contributed by atoms with Gasteiger partial charge in [-0.25, -0.2) is 8.78 Å². The van der Waals surface area contributed by atoms with Gasteiger partial charge in [0.25, 0.3) is 11.7 Å². The minimum atomic E-state index is -1.12. The molecule has 3 aromatic carbocycles. The van der Waals surface area contributed by atoms with Crippen molar-refractivity contribution >= 4 is 39.1 Å². The number of benzene rings is 3. The molecule has 1 unspecified atom stereocenters. The summed E-state index contributed by atoms with van der Waals surface area (Å²) in [6.07, 6.45) is 0. The number of rotatable bonds is 4. The second-order valence-corrected chi connectivity index (χ2v) is 8.38. The molecule has 8 heteroatoms. The summed E-state index contributed by atoms with van der Waals surface area (Å²) in [5, 5.41) is 11.1. The second kappa shape index (κ2) is 8.78. The van der Waals surface area contributed by atoms with Crippen LogP contribution in [-0.4, -0.2) is 23.9 Å². The highest BCUT2D eigenvalue weighted by atomic mass is 79.9. The summed E-state index contributed by atoms with van der Waals surface area (Å²) in [6, 6.07) is 13.3. The first-order valence-electron chi connectivity index (χ1n) is 9.89. The molecule has 33 heavy (non-hydrogen) atoms. The molecule has 1 saturated heterocycles. The molecule has 1 atom stereocenters. The first kappa shape index (κ1) is 22.7. The molecule has 0 aromatic heterocycles. The van der Waals surface area contributed by atoms with Gasteiger partial charge in [-0.3, -0.25) is 14.5 Å². The molecule has 1 fully saturated rings. The van der Waals surface area contributed by atoms with Crippen LogP contribution in [0, 0.1) is 18.6 Å². The molecular formula is C25H18BrF2NO4. The number of aryl methyl sites for hydroxylation is 1. The molecule has 1 aliphatic rings. The molecule has 1 amide bonds. The Morgan fingerprint density at radius 1 is 1.06 bits per heavy atom. The van der Waals surface area contributed by atoms with Crippen molar-refractivity contribution in [2.75, 3.05) is 12.0 Å². The number of hydrogen-bond acceptors (Lipinski definition) is 4. The number of carbonyl (C=O) groups excluding carboxylic acids is 2. The fourth-order valence-corrected chi connectivity index (χ4v) is 4.42. The first-order valence-corrected chi connectivity index (χ1v) is 10.7. The van der Waals surface area contributed by atoms with Crippen LogP contribution in [0.25, 0.3) is 5.76 Å². The lowest BCUT2D eigenvalue weighted by molar-refractivity contribution is -0.132. The Kier molecular flexibility index (Phi) is 6.03. The normalized spacial score (nSPS) is 17.5. The molecule has 1 heterocycles. The van der Waals surface area contributed by atoms with Crippen molar-refractivity contribution in [3.05, 3.63) is 99.0 Å². The highest BCUT2D eigenvalue weighted by Gasteiger charge is 2.47. The van der Waals surface area contributed by atoms with Crippen LogP contribution in [0.15, 0.2) is 70.7 Å². The average molecular weight is 514 g/mol. The number of amides is 1. The number of ketones is 1. The SMILES string of the molecule is COc1ccc(/C(O)=C2\C(=O)C(=O)N(c3ccc(F)cc3F)C2c2cccc(C)c2)cc1Br. The van der Waals surface area contributed by atoms with E-state index in [-0.39, 0.29) is 16.8 Å². The van der Waals surface area contributed by atoms with Gasteiger partial charge in [-0.15, -0.1) is 0 Å². The van der Waals surface area contributed by atoms with Gasteiger partial charge in [-0.2, -0.15) is 0 Å². The van der Waals surface area contributed by atoms with E-state index in [2.05, 4.69) is 15.9 Å². The Balaban J connectivity index is 1.97. The maximum Gasteiger partial charge on any atom is 0.300 e. The third-order valence-electron chi connectivity index (χ3n) is 5.40. The molecule has 0 spiro atoms. The van der Waals surface area contributed by atoms with E-state index in [9.17, 15) is 23.5 Å². The van der Waals surface area contributed by atoms with E-state index in [0.29, 0.717) is 21.9 Å². The number of Topliss-reactive ketones (excluding diaryl/α,β-unsaturated/α-hetero) is 1. The zero-order chi connectivity index (χ0) is 23.9. The van der Waals surface area contributed by atoms with E-state index in [4.69, 9.17) is 4.74 Å². The molecule has 5 nitrogen and oxygen atoms in total. The molecule has 1 aliphatic heterocycles. The number of nitrogens with zero attached hydrogens (tertiary/aromatic N) is 1. The van der Waals surface area contributed by atoms with Gasteiger partial charge < -0.3 is 9.84 Å². The van der Waals surface area contributed by atoms with Crippen molar-refractivity contribution < 1.29 is 28.2 Å². The standard InChI is InChI=1S/C25H18BrF2NO4/c1-13-4-3-5-14(10-13)22-21(23(30)15-6-9-20(33-2)17(26)11-15)24(31)25(32)29(22)19-8-7-16(27)12-18(19)28/h3-12,22,30H,1-2H3/b23-21+. The third-order valence-corrected chi connectivity index (χ3v) is 6.02. The highest BCUT2D eigenvalue weighted by Crippen LogP contribution is 2.43. The zero-order valence-electron chi connectivity index (χ0n) is 17.6. The summed E-state index contributed by atoms with van der Waals surface area (Å²) in [6.45, 7) is 1.83. The van der Waals surface area contributed by atoms with E-state index in [1.54, 1.807) is 30.3 Å². The number of methoxy groups -OCH3 is 1. The van der Waals surface area contributed by atoms with Crippen molar-refractivity contribution in [1.29, 1.82) is 0 Å². The van der Waals surface area contributed by atoms with Gasteiger partial charge in [0.1, 0.15) is 23.1 Å². The summed E-state index contributed by atoms with van der Waals surface area (Å²) < 4.78 is 34.0. The maximum absolute atomic E-state index is 14.7. The third kappa shape index (κ3) is 4.02. The summed E-state index contributed by atoms with van der Waals surface area (Å²) in [5.41, 5.74) is 1.13. The fraction of sp³-hybridized carbons (Fsp3) is 0.120. The quantitative estimate of drug-likeness (QED) is 0.277. The Bertz CT molecular complexity index is 1320. The van der Waals surface area contributed by atoms with Gasteiger partial charge in [0.2, 0.25) is 0 Å². The highest BCUT2D eigenvalue weighted by molar-refractivity contribution is 9.10. The molecule has 0 bridgehead atoms. The first-order chi connectivity index (χ1) is 15.7. The van der Waals surface area contributed by atoms with Crippen LogP contribution in [0.1, 0.15) is 22.7 Å². The van der Waals surface area contributed by atoms with Crippen LogP contribution >= 0.6 is 15.9 Å². The predicted molar refractivity (Wildman–Crippen MR) is 123 cm³/mol. The lowest BCUT2D eigenvalue weighted by atomic mass is 9.94. The van der Waals surface area contributed by atoms with E-state index < -0.39 is 35.1 Å². The molecule has 168 valence electrons. The second-order valence-electron chi connectivity index (χ2n) is 7.53. The van der Waals surface area contributed by atoms with E-state index >= 15 is 0 Å². The number of carbonyl (C=O) groups is 2. The number of aliphatic hydroxyl groups excluding tert-OH is 1. The molecule has 0 saturated carbocycles. The molecule has 4 rings (SSSR count). The summed E-state index contributed by atoms with van der Waals surface area (Å²) in [5.74, 6) is -3.73. The molecular weight excluding hydrogens is 496 g/mol. The van der Waals surface area contributed by atoms with Gasteiger partial charge >= 0.3 is 0 Å². The van der Waals surface area contributed by atoms with E-state index in [1.807, 2.05) is 13.0 Å². The van der Waals surface area contributed by atoms with Crippen molar-refractivity contribution in [3.8, 4) is 5.75 Å². The van der Waals surface area contributed by atoms with Crippen molar-refractivity contribution in [1.82, 2.24) is 0 Å². The number of aliphatic hydroxyl groups is 1. The Morgan fingerprint density at radius 2 is 1.82 bits per heavy atom. The summed E-state index contributed by atoms with van der Waals surface area (Å²) in [7, 11) is 1.49. The van der Waals surface area contributed by atoms with Crippen LogP contribution in [0.2, 0.25) is 0 Å². The van der Waals surface area contributed by atoms with Crippen LogP contribution in [0.3, 0.4) is 0 Å². The maximum atomic E-state index is 14.7. The lowest BCUT2D eigenvalue weighted by Crippen LogP contribution is -2.30. The minimum Gasteiger partial charge on any atom is -0.507 e. The number of ether oxygens (including phenoxy) is 1. The van der Waals surface area contributed by atoms with Crippen molar-refractivity contribution in [2.45, 2.75) is 13.0 Å². The Morgan fingerprint density at radius 3 is 2.45 bits per heavy atom. The van der Waals surface area contributed by atoms with Crippen LogP contribution in [0.4, 0.5) is 14.5 Å². The number of hydrogen-bond donors (Lipinski definition) is 1. The monoisotopic (exact) mass is 513 g/mol.